The minimum Gasteiger partial charge on any atom is -0.392 e. The smallest absolute Gasteiger partial charge is 0.326 e. The zero-order valence-corrected chi connectivity index (χ0v) is 12.3. The van der Waals surface area contributed by atoms with Gasteiger partial charge in [0.05, 0.1) is 5.41 Å². The SMILES string of the molecule is C[C@@H]1C=C[C@H](C)[C@]23C(=O)OC(=O)[C@@]12CCc1ccccc13. The van der Waals surface area contributed by atoms with E-state index in [2.05, 4.69) is 18.2 Å². The monoisotopic (exact) mass is 282 g/mol. The van der Waals surface area contributed by atoms with Crippen LogP contribution >= 0.6 is 0 Å². The van der Waals surface area contributed by atoms with Crippen molar-refractivity contribution >= 4 is 11.9 Å². The van der Waals surface area contributed by atoms with Crippen molar-refractivity contribution in [1.29, 1.82) is 0 Å². The van der Waals surface area contributed by atoms with Gasteiger partial charge in [-0.15, -0.1) is 0 Å². The summed E-state index contributed by atoms with van der Waals surface area (Å²) in [4.78, 5) is 25.5. The van der Waals surface area contributed by atoms with Gasteiger partial charge in [-0.3, -0.25) is 9.59 Å². The minimum atomic E-state index is -0.840. The third-order valence-corrected chi connectivity index (χ3v) is 5.95. The largest absolute Gasteiger partial charge is 0.392 e. The van der Waals surface area contributed by atoms with E-state index in [1.165, 1.54) is 5.56 Å². The molecule has 3 nitrogen and oxygen atoms in total. The van der Waals surface area contributed by atoms with Gasteiger partial charge in [0.25, 0.3) is 0 Å². The van der Waals surface area contributed by atoms with Gasteiger partial charge in [0.15, 0.2) is 0 Å². The second-order valence-electron chi connectivity index (χ2n) is 6.58. The molecule has 1 fully saturated rings. The lowest BCUT2D eigenvalue weighted by atomic mass is 9.45. The fourth-order valence-electron chi connectivity index (χ4n) is 4.96. The topological polar surface area (TPSA) is 43.4 Å². The van der Waals surface area contributed by atoms with Crippen molar-refractivity contribution in [3.8, 4) is 0 Å². The Morgan fingerprint density at radius 3 is 2.57 bits per heavy atom. The molecule has 1 aliphatic heterocycles. The molecule has 4 atom stereocenters. The molecule has 1 aromatic carbocycles. The van der Waals surface area contributed by atoms with Crippen LogP contribution in [0.1, 0.15) is 31.4 Å². The first-order valence-corrected chi connectivity index (χ1v) is 7.58. The Hall–Kier alpha value is -1.90. The zero-order valence-electron chi connectivity index (χ0n) is 12.3. The summed E-state index contributed by atoms with van der Waals surface area (Å²) in [7, 11) is 0. The van der Waals surface area contributed by atoms with Gasteiger partial charge in [0.1, 0.15) is 5.41 Å². The average Bonchev–Trinajstić information content (AvgIpc) is 2.74. The van der Waals surface area contributed by atoms with E-state index in [0.29, 0.717) is 6.42 Å². The number of ether oxygens (including phenoxy) is 1. The molecule has 2 aliphatic carbocycles. The van der Waals surface area contributed by atoms with E-state index in [4.69, 9.17) is 4.74 Å². The summed E-state index contributed by atoms with van der Waals surface area (Å²) in [6.07, 6.45) is 5.66. The lowest BCUT2D eigenvalue weighted by Crippen LogP contribution is -2.59. The Kier molecular flexibility index (Phi) is 2.35. The van der Waals surface area contributed by atoms with E-state index in [1.54, 1.807) is 0 Å². The first kappa shape index (κ1) is 12.8. The number of esters is 2. The van der Waals surface area contributed by atoms with E-state index >= 15 is 0 Å². The molecule has 0 N–H and O–H groups in total. The Morgan fingerprint density at radius 1 is 1.05 bits per heavy atom. The summed E-state index contributed by atoms with van der Waals surface area (Å²) in [5, 5.41) is 0. The molecule has 21 heavy (non-hydrogen) atoms. The second kappa shape index (κ2) is 3.85. The third kappa shape index (κ3) is 1.18. The van der Waals surface area contributed by atoms with Crippen LogP contribution in [0, 0.1) is 17.3 Å². The van der Waals surface area contributed by atoms with Crippen LogP contribution in [0.25, 0.3) is 0 Å². The summed E-state index contributed by atoms with van der Waals surface area (Å²) >= 11 is 0. The number of hydrogen-bond acceptors (Lipinski definition) is 3. The highest BCUT2D eigenvalue weighted by Crippen LogP contribution is 2.64. The number of benzene rings is 1. The van der Waals surface area contributed by atoms with Crippen LogP contribution in [0.3, 0.4) is 0 Å². The van der Waals surface area contributed by atoms with Crippen LogP contribution < -0.4 is 0 Å². The Labute approximate surface area is 124 Å². The summed E-state index contributed by atoms with van der Waals surface area (Å²) in [6.45, 7) is 4.06. The van der Waals surface area contributed by atoms with Crippen LogP contribution in [0.15, 0.2) is 36.4 Å². The fourth-order valence-corrected chi connectivity index (χ4v) is 4.96. The number of hydrogen-bond donors (Lipinski definition) is 0. The molecule has 0 bridgehead atoms. The molecule has 0 radical (unpaired) electrons. The standard InChI is InChI=1S/C18H18O3/c1-11-7-8-12(2)18-14-6-4-3-5-13(14)9-10-17(11,18)15(19)21-16(18)20/h3-8,11-12H,9-10H2,1-2H3/t11-,12+,17-,18+/m1/s1. The summed E-state index contributed by atoms with van der Waals surface area (Å²) in [5.74, 6) is -0.704. The molecule has 1 heterocycles. The predicted octanol–water partition coefficient (Wildman–Crippen LogP) is 2.78. The number of carbonyl (C=O) groups excluding carboxylic acids is 2. The summed E-state index contributed by atoms with van der Waals surface area (Å²) < 4.78 is 5.22. The first-order valence-electron chi connectivity index (χ1n) is 7.58. The second-order valence-corrected chi connectivity index (χ2v) is 6.58. The molecule has 0 saturated carbocycles. The van der Waals surface area contributed by atoms with Crippen molar-refractivity contribution in [1.82, 2.24) is 0 Å². The van der Waals surface area contributed by atoms with Crippen molar-refractivity contribution in [3.05, 3.63) is 47.5 Å². The number of allylic oxidation sites excluding steroid dienone is 2. The van der Waals surface area contributed by atoms with Crippen LogP contribution in [0.4, 0.5) is 0 Å². The van der Waals surface area contributed by atoms with E-state index in [1.807, 2.05) is 32.0 Å². The quantitative estimate of drug-likeness (QED) is 0.417. The van der Waals surface area contributed by atoms with Crippen LogP contribution in [0.5, 0.6) is 0 Å². The Morgan fingerprint density at radius 2 is 1.76 bits per heavy atom. The van der Waals surface area contributed by atoms with Gasteiger partial charge in [-0.2, -0.15) is 0 Å². The van der Waals surface area contributed by atoms with E-state index in [-0.39, 0.29) is 23.8 Å². The molecule has 1 aromatic rings. The van der Waals surface area contributed by atoms with Gasteiger partial charge in [-0.25, -0.2) is 0 Å². The molecule has 1 saturated heterocycles. The molecular weight excluding hydrogens is 264 g/mol. The Bertz CT molecular complexity index is 689. The van der Waals surface area contributed by atoms with Crippen molar-refractivity contribution in [2.45, 2.75) is 32.1 Å². The summed E-state index contributed by atoms with van der Waals surface area (Å²) in [6, 6.07) is 8.03. The average molecular weight is 282 g/mol. The van der Waals surface area contributed by atoms with Gasteiger partial charge in [-0.05, 0) is 35.8 Å². The van der Waals surface area contributed by atoms with Crippen molar-refractivity contribution in [2.24, 2.45) is 17.3 Å². The number of cyclic esters (lactones) is 2. The molecule has 0 amide bonds. The highest BCUT2D eigenvalue weighted by Gasteiger charge is 2.74. The van der Waals surface area contributed by atoms with Crippen molar-refractivity contribution in [3.63, 3.8) is 0 Å². The van der Waals surface area contributed by atoms with Gasteiger partial charge < -0.3 is 4.74 Å². The molecule has 3 aliphatic rings. The van der Waals surface area contributed by atoms with E-state index in [0.717, 1.165) is 12.0 Å². The van der Waals surface area contributed by atoms with E-state index in [9.17, 15) is 9.59 Å². The van der Waals surface area contributed by atoms with Crippen molar-refractivity contribution in [2.75, 3.05) is 0 Å². The highest BCUT2D eigenvalue weighted by molar-refractivity contribution is 6.07. The third-order valence-electron chi connectivity index (χ3n) is 5.95. The maximum Gasteiger partial charge on any atom is 0.326 e. The first-order chi connectivity index (χ1) is 10.0. The number of fused-ring (bicyclic) bond motifs is 1. The zero-order chi connectivity index (χ0) is 14.8. The maximum absolute atomic E-state index is 12.8. The lowest BCUT2D eigenvalue weighted by molar-refractivity contribution is -0.156. The van der Waals surface area contributed by atoms with Gasteiger partial charge >= 0.3 is 11.9 Å². The normalized spacial score (nSPS) is 40.3. The summed E-state index contributed by atoms with van der Waals surface area (Å²) in [5.41, 5.74) is 0.601. The predicted molar refractivity (Wildman–Crippen MR) is 77.4 cm³/mol. The van der Waals surface area contributed by atoms with Gasteiger partial charge in [0, 0.05) is 0 Å². The van der Waals surface area contributed by atoms with Crippen molar-refractivity contribution < 1.29 is 14.3 Å². The Balaban J connectivity index is 2.12. The molecule has 108 valence electrons. The molecule has 0 unspecified atom stereocenters. The maximum atomic E-state index is 12.8. The van der Waals surface area contributed by atoms with Crippen LogP contribution in [-0.2, 0) is 26.2 Å². The highest BCUT2D eigenvalue weighted by atomic mass is 16.6. The fraction of sp³-hybridized carbons (Fsp3) is 0.444. The minimum absolute atomic E-state index is 0.0148. The molecule has 4 rings (SSSR count). The number of aryl methyl sites for hydroxylation is 1. The molecule has 3 heteroatoms. The van der Waals surface area contributed by atoms with E-state index < -0.39 is 10.8 Å². The number of carbonyl (C=O) groups is 2. The van der Waals surface area contributed by atoms with Crippen LogP contribution in [0.2, 0.25) is 0 Å². The molecule has 0 aromatic heterocycles. The number of rotatable bonds is 0. The van der Waals surface area contributed by atoms with Gasteiger partial charge in [-0.1, -0.05) is 50.3 Å². The molecule has 0 spiro atoms. The lowest BCUT2D eigenvalue weighted by Gasteiger charge is -2.52. The molecular formula is C18H18O3. The van der Waals surface area contributed by atoms with Gasteiger partial charge in [0.2, 0.25) is 0 Å². The van der Waals surface area contributed by atoms with Crippen LogP contribution in [-0.4, -0.2) is 11.9 Å².